The van der Waals surface area contributed by atoms with E-state index in [0.29, 0.717) is 17.4 Å². The third-order valence-corrected chi connectivity index (χ3v) is 8.89. The molecular weight excluding hydrogens is 641 g/mol. The van der Waals surface area contributed by atoms with Gasteiger partial charge in [0.25, 0.3) is 7.82 Å². The van der Waals surface area contributed by atoms with Gasteiger partial charge < -0.3 is 27.9 Å². The molecule has 0 N–H and O–H groups in total. The summed E-state index contributed by atoms with van der Waals surface area (Å²) in [5.41, 5.74) is 0. The summed E-state index contributed by atoms with van der Waals surface area (Å²) in [6, 6.07) is 0. The number of nitrogens with zero attached hydrogens (tertiary/aromatic N) is 1. The first-order valence-corrected chi connectivity index (χ1v) is 20.7. The third kappa shape index (κ3) is 35.8. The number of likely N-dealkylation sites (N-methyl/N-ethyl adjacent to an activating group) is 1. The van der Waals surface area contributed by atoms with Crippen molar-refractivity contribution in [1.82, 2.24) is 0 Å². The van der Waals surface area contributed by atoms with E-state index in [1.807, 2.05) is 21.1 Å². The van der Waals surface area contributed by atoms with Crippen LogP contribution in [0.3, 0.4) is 0 Å². The molecule has 0 fully saturated rings. The first kappa shape index (κ1) is 47.2. The predicted molar refractivity (Wildman–Crippen MR) is 199 cm³/mol. The molecule has 0 aliphatic rings. The molecule has 0 aromatic rings. The summed E-state index contributed by atoms with van der Waals surface area (Å²) >= 11 is 0. The number of rotatable bonds is 34. The van der Waals surface area contributed by atoms with E-state index in [1.165, 1.54) is 44.9 Å². The molecule has 9 nitrogen and oxygen atoms in total. The highest BCUT2D eigenvalue weighted by atomic mass is 31.2. The molecule has 0 saturated heterocycles. The van der Waals surface area contributed by atoms with Gasteiger partial charge in [-0.15, -0.1) is 0 Å². The number of carbonyl (C=O) groups is 2. The molecule has 10 heteroatoms. The standard InChI is InChI=1S/C39H72NO8P/c1-6-8-10-12-14-16-18-19-20-21-22-24-26-28-30-32-39(42)48-37(36-47-49(43,44)46-34-33-40(3,4)5)35-45-38(41)31-29-27-25-23-17-15-13-11-9-7-2/h8,10,14,16,19-20,37H,6-7,9,11-13,15,17-18,21-36H2,1-5H3/b10-8-,16-14-,20-19-/t37-/m1/s1. The van der Waals surface area contributed by atoms with Gasteiger partial charge in [-0.2, -0.15) is 0 Å². The second-order valence-corrected chi connectivity index (χ2v) is 15.3. The number of quaternary nitrogens is 1. The Bertz CT molecular complexity index is 944. The Labute approximate surface area is 300 Å². The van der Waals surface area contributed by atoms with Gasteiger partial charge in [0.15, 0.2) is 6.10 Å². The summed E-state index contributed by atoms with van der Waals surface area (Å²) in [5, 5.41) is 0. The predicted octanol–water partition coefficient (Wildman–Crippen LogP) is 9.55. The van der Waals surface area contributed by atoms with Crippen LogP contribution >= 0.6 is 7.82 Å². The molecule has 0 saturated carbocycles. The SMILES string of the molecule is CC/C=C\C/C=C\C/C=C\CCCCCCCC(=O)O[C@H](COC(=O)CCCCCCCCCCCC)COP(=O)([O-])OCC[N+](C)(C)C. The summed E-state index contributed by atoms with van der Waals surface area (Å²) < 4.78 is 33.7. The van der Waals surface area contributed by atoms with Crippen LogP contribution in [0.1, 0.15) is 149 Å². The van der Waals surface area contributed by atoms with Gasteiger partial charge in [-0.3, -0.25) is 14.2 Å². The van der Waals surface area contributed by atoms with Crippen LogP contribution in [0.5, 0.6) is 0 Å². The maximum absolute atomic E-state index is 12.6. The molecule has 0 spiro atoms. The minimum Gasteiger partial charge on any atom is -0.756 e. The van der Waals surface area contributed by atoms with Crippen molar-refractivity contribution < 1.29 is 42.1 Å². The molecule has 0 aromatic carbocycles. The molecule has 0 heterocycles. The van der Waals surface area contributed by atoms with Crippen LogP contribution in [0.2, 0.25) is 0 Å². The second-order valence-electron chi connectivity index (χ2n) is 13.9. The van der Waals surface area contributed by atoms with Crippen molar-refractivity contribution in [2.75, 3.05) is 47.5 Å². The van der Waals surface area contributed by atoms with Crippen LogP contribution < -0.4 is 4.89 Å². The average molecular weight is 714 g/mol. The molecule has 0 radical (unpaired) electrons. The summed E-state index contributed by atoms with van der Waals surface area (Å²) in [5.74, 6) is -0.858. The van der Waals surface area contributed by atoms with Gasteiger partial charge >= 0.3 is 11.9 Å². The van der Waals surface area contributed by atoms with Gasteiger partial charge in [0, 0.05) is 12.8 Å². The molecule has 2 atom stereocenters. The number of hydrogen-bond donors (Lipinski definition) is 0. The molecule has 0 bridgehead atoms. The molecule has 0 amide bonds. The maximum atomic E-state index is 12.6. The van der Waals surface area contributed by atoms with E-state index in [1.54, 1.807) is 0 Å². The van der Waals surface area contributed by atoms with Crippen molar-refractivity contribution in [2.45, 2.75) is 155 Å². The van der Waals surface area contributed by atoms with Crippen LogP contribution in [-0.4, -0.2) is 70.0 Å². The highest BCUT2D eigenvalue weighted by molar-refractivity contribution is 7.45. The van der Waals surface area contributed by atoms with E-state index >= 15 is 0 Å². The van der Waals surface area contributed by atoms with E-state index in [-0.39, 0.29) is 26.1 Å². The second kappa shape index (κ2) is 32.2. The van der Waals surface area contributed by atoms with Gasteiger partial charge in [-0.25, -0.2) is 0 Å². The smallest absolute Gasteiger partial charge is 0.306 e. The zero-order chi connectivity index (χ0) is 36.5. The molecule has 49 heavy (non-hydrogen) atoms. The summed E-state index contributed by atoms with van der Waals surface area (Å²) in [7, 11) is 1.15. The Balaban J connectivity index is 4.46. The Kier molecular flexibility index (Phi) is 31.0. The summed E-state index contributed by atoms with van der Waals surface area (Å²) in [4.78, 5) is 37.3. The summed E-state index contributed by atoms with van der Waals surface area (Å²) in [6.07, 6.45) is 33.1. The normalized spacial score (nSPS) is 14.2. The number of ether oxygens (including phenoxy) is 2. The number of esters is 2. The van der Waals surface area contributed by atoms with Crippen LogP contribution in [0, 0.1) is 0 Å². The maximum Gasteiger partial charge on any atom is 0.306 e. The lowest BCUT2D eigenvalue weighted by molar-refractivity contribution is -0.870. The van der Waals surface area contributed by atoms with E-state index in [2.05, 4.69) is 50.3 Å². The Morgan fingerprint density at radius 2 is 1.16 bits per heavy atom. The van der Waals surface area contributed by atoms with Gasteiger partial charge in [-0.1, -0.05) is 127 Å². The monoisotopic (exact) mass is 713 g/mol. The molecule has 0 aliphatic heterocycles. The number of unbranched alkanes of at least 4 members (excludes halogenated alkanes) is 14. The number of phosphoric ester groups is 1. The van der Waals surface area contributed by atoms with Gasteiger partial charge in [0.2, 0.25) is 0 Å². The molecule has 1 unspecified atom stereocenters. The number of carbonyl (C=O) groups excluding carboxylic acids is 2. The van der Waals surface area contributed by atoms with Crippen molar-refractivity contribution in [1.29, 1.82) is 0 Å². The average Bonchev–Trinajstić information content (AvgIpc) is 3.04. The zero-order valence-corrected chi connectivity index (χ0v) is 32.8. The number of hydrogen-bond acceptors (Lipinski definition) is 8. The fourth-order valence-electron chi connectivity index (χ4n) is 4.90. The lowest BCUT2D eigenvalue weighted by Gasteiger charge is -2.28. The van der Waals surface area contributed by atoms with Gasteiger partial charge in [-0.05, 0) is 44.9 Å². The summed E-state index contributed by atoms with van der Waals surface area (Å²) in [6.45, 7) is 4.06. The van der Waals surface area contributed by atoms with E-state index in [9.17, 15) is 19.0 Å². The zero-order valence-electron chi connectivity index (χ0n) is 31.9. The third-order valence-electron chi connectivity index (χ3n) is 7.92. The van der Waals surface area contributed by atoms with Gasteiger partial charge in [0.1, 0.15) is 19.8 Å². The number of allylic oxidation sites excluding steroid dienone is 6. The van der Waals surface area contributed by atoms with E-state index < -0.39 is 32.5 Å². The first-order valence-electron chi connectivity index (χ1n) is 19.2. The lowest BCUT2D eigenvalue weighted by Crippen LogP contribution is -2.37. The van der Waals surface area contributed by atoms with Crippen molar-refractivity contribution in [3.63, 3.8) is 0 Å². The quantitative estimate of drug-likeness (QED) is 0.0213. The molecule has 0 aromatic heterocycles. The minimum absolute atomic E-state index is 0.0343. The number of phosphoric acid groups is 1. The van der Waals surface area contributed by atoms with Crippen LogP contribution in [0.25, 0.3) is 0 Å². The highest BCUT2D eigenvalue weighted by Crippen LogP contribution is 2.38. The molecule has 0 rings (SSSR count). The molecular formula is C39H72NO8P. The fraction of sp³-hybridized carbons (Fsp3) is 0.795. The topological polar surface area (TPSA) is 111 Å². The van der Waals surface area contributed by atoms with Crippen LogP contribution in [0.15, 0.2) is 36.5 Å². The Hall–Kier alpha value is -1.77. The fourth-order valence-corrected chi connectivity index (χ4v) is 5.63. The van der Waals surface area contributed by atoms with Crippen molar-refractivity contribution >= 4 is 19.8 Å². The van der Waals surface area contributed by atoms with Crippen molar-refractivity contribution in [3.8, 4) is 0 Å². The van der Waals surface area contributed by atoms with Gasteiger partial charge in [0.05, 0.1) is 27.7 Å². The molecule has 286 valence electrons. The largest absolute Gasteiger partial charge is 0.756 e. The van der Waals surface area contributed by atoms with Crippen molar-refractivity contribution in [3.05, 3.63) is 36.5 Å². The van der Waals surface area contributed by atoms with Crippen LogP contribution in [-0.2, 0) is 32.7 Å². The van der Waals surface area contributed by atoms with E-state index in [0.717, 1.165) is 70.6 Å². The molecule has 0 aliphatic carbocycles. The lowest BCUT2D eigenvalue weighted by atomic mass is 10.1. The first-order chi connectivity index (χ1) is 23.5. The Morgan fingerprint density at radius 1 is 0.653 bits per heavy atom. The van der Waals surface area contributed by atoms with Crippen LogP contribution in [0.4, 0.5) is 0 Å². The minimum atomic E-state index is -4.62. The van der Waals surface area contributed by atoms with Crippen molar-refractivity contribution in [2.24, 2.45) is 0 Å². The van der Waals surface area contributed by atoms with E-state index in [4.69, 9.17) is 18.5 Å². The highest BCUT2D eigenvalue weighted by Gasteiger charge is 2.21. The Morgan fingerprint density at radius 3 is 1.73 bits per heavy atom.